The third kappa shape index (κ3) is 2.93. The van der Waals surface area contributed by atoms with Crippen LogP contribution < -0.4 is 5.73 Å². The van der Waals surface area contributed by atoms with E-state index in [2.05, 4.69) is 19.9 Å². The van der Waals surface area contributed by atoms with E-state index in [-0.39, 0.29) is 17.2 Å². The van der Waals surface area contributed by atoms with Crippen LogP contribution in [0.4, 0.5) is 18.9 Å². The van der Waals surface area contributed by atoms with Gasteiger partial charge in [-0.05, 0) is 34.8 Å². The second kappa shape index (κ2) is 5.95. The molecule has 9 heteroatoms. The summed E-state index contributed by atoms with van der Waals surface area (Å²) in [5, 5.41) is 7.59. The van der Waals surface area contributed by atoms with Crippen molar-refractivity contribution < 1.29 is 17.8 Å². The van der Waals surface area contributed by atoms with E-state index in [9.17, 15) is 13.2 Å². The van der Waals surface area contributed by atoms with Gasteiger partial charge in [0.1, 0.15) is 5.82 Å². The minimum absolute atomic E-state index is 0.0533. The second-order valence-corrected chi connectivity index (χ2v) is 4.42. The van der Waals surface area contributed by atoms with Crippen molar-refractivity contribution in [1.29, 1.82) is 0 Å². The average Bonchev–Trinajstić information content (AvgIpc) is 2.89. The Balaban J connectivity index is 2.37. The number of aliphatic imine (C=N–C) groups is 1. The number of aromatic nitrogens is 2. The zero-order chi connectivity index (χ0) is 14.7. The fraction of sp³-hybridized carbons (Fsp3) is 0.182. The van der Waals surface area contributed by atoms with Gasteiger partial charge in [0.05, 0.1) is 11.3 Å². The molecule has 0 unspecified atom stereocenters. The van der Waals surface area contributed by atoms with Crippen LogP contribution in [0.15, 0.2) is 32.8 Å². The smallest absolute Gasteiger partial charge is 0.266 e. The molecular weight excluding hydrogens is 293 g/mol. The Morgan fingerprint density at radius 2 is 2.15 bits per heavy atom. The summed E-state index contributed by atoms with van der Waals surface area (Å²) in [6.07, 6.45) is -1.19. The summed E-state index contributed by atoms with van der Waals surface area (Å²) in [6.45, 7) is 0. The molecule has 0 saturated heterocycles. The predicted molar refractivity (Wildman–Crippen MR) is 67.8 cm³/mol. The number of thioether (sulfide) groups is 1. The van der Waals surface area contributed by atoms with Crippen LogP contribution in [-0.2, 0) is 0 Å². The van der Waals surface area contributed by atoms with Crippen LogP contribution in [0.1, 0.15) is 17.7 Å². The van der Waals surface area contributed by atoms with E-state index in [1.165, 1.54) is 17.8 Å². The average molecular weight is 302 g/mol. The number of amidine groups is 1. The third-order valence-corrected chi connectivity index (χ3v) is 3.01. The first-order valence-corrected chi connectivity index (χ1v) is 6.54. The Morgan fingerprint density at radius 1 is 1.40 bits per heavy atom. The van der Waals surface area contributed by atoms with Gasteiger partial charge in [-0.2, -0.15) is 0 Å². The number of rotatable bonds is 4. The second-order valence-electron chi connectivity index (χ2n) is 3.63. The van der Waals surface area contributed by atoms with Crippen molar-refractivity contribution in [2.24, 2.45) is 10.7 Å². The monoisotopic (exact) mass is 302 g/mol. The highest BCUT2D eigenvalue weighted by molar-refractivity contribution is 7.98. The summed E-state index contributed by atoms with van der Waals surface area (Å²) >= 11 is 1.24. The van der Waals surface area contributed by atoms with Crippen molar-refractivity contribution in [2.45, 2.75) is 11.5 Å². The molecule has 5 nitrogen and oxygen atoms in total. The fourth-order valence-electron chi connectivity index (χ4n) is 1.43. The van der Waals surface area contributed by atoms with Gasteiger partial charge >= 0.3 is 0 Å². The van der Waals surface area contributed by atoms with Crippen molar-refractivity contribution in [3.8, 4) is 0 Å². The van der Waals surface area contributed by atoms with E-state index in [0.717, 1.165) is 12.1 Å². The molecule has 20 heavy (non-hydrogen) atoms. The highest BCUT2D eigenvalue weighted by Crippen LogP contribution is 2.27. The number of hydrogen-bond acceptors (Lipinski definition) is 5. The van der Waals surface area contributed by atoms with Crippen molar-refractivity contribution in [2.75, 3.05) is 6.26 Å². The number of benzene rings is 1. The van der Waals surface area contributed by atoms with E-state index in [0.29, 0.717) is 5.03 Å². The molecule has 2 aromatic rings. The number of nitrogens with two attached hydrogens (primary N) is 1. The van der Waals surface area contributed by atoms with Gasteiger partial charge in [-0.3, -0.25) is 0 Å². The van der Waals surface area contributed by atoms with Crippen LogP contribution in [0.25, 0.3) is 0 Å². The topological polar surface area (TPSA) is 77.3 Å². The van der Waals surface area contributed by atoms with Crippen LogP contribution >= 0.6 is 11.8 Å². The van der Waals surface area contributed by atoms with E-state index in [1.54, 1.807) is 6.26 Å². The lowest BCUT2D eigenvalue weighted by Crippen LogP contribution is -2.14. The maximum atomic E-state index is 13.1. The molecule has 0 amide bonds. The van der Waals surface area contributed by atoms with Crippen molar-refractivity contribution >= 4 is 23.3 Å². The summed E-state index contributed by atoms with van der Waals surface area (Å²) in [5.41, 5.74) is 5.27. The van der Waals surface area contributed by atoms with Crippen molar-refractivity contribution in [3.63, 3.8) is 0 Å². The lowest BCUT2D eigenvalue weighted by atomic mass is 10.2. The van der Waals surface area contributed by atoms with Crippen LogP contribution in [0.2, 0.25) is 0 Å². The molecule has 0 aliphatic carbocycles. The highest BCUT2D eigenvalue weighted by Gasteiger charge is 2.16. The molecule has 0 fully saturated rings. The molecule has 0 bridgehead atoms. The lowest BCUT2D eigenvalue weighted by molar-refractivity contribution is 0.146. The van der Waals surface area contributed by atoms with E-state index in [4.69, 9.17) is 5.73 Å². The van der Waals surface area contributed by atoms with E-state index >= 15 is 0 Å². The molecule has 1 aromatic heterocycles. The number of alkyl halides is 2. The molecule has 0 atom stereocenters. The van der Waals surface area contributed by atoms with E-state index in [1.807, 2.05) is 0 Å². The normalized spacial score (nSPS) is 12.2. The zero-order valence-electron chi connectivity index (χ0n) is 10.2. The van der Waals surface area contributed by atoms with Gasteiger partial charge in [-0.1, -0.05) is 0 Å². The Labute approximate surface area is 116 Å². The molecule has 2 N–H and O–H groups in total. The number of halogens is 3. The molecule has 2 rings (SSSR count). The number of hydrogen-bond donors (Lipinski definition) is 1. The van der Waals surface area contributed by atoms with E-state index < -0.39 is 17.8 Å². The molecule has 0 spiro atoms. The van der Waals surface area contributed by atoms with Gasteiger partial charge in [-0.15, -0.1) is 11.8 Å². The molecule has 0 aliphatic heterocycles. The van der Waals surface area contributed by atoms with Crippen LogP contribution in [0, 0.1) is 5.82 Å². The standard InChI is InChI=1S/C11H9F3N4OS/c1-20-11-8(17-19-18-11)10(15)16-5-2-3-7(12)6(4-5)9(13)14/h2-4,9H,1H3,(H2,15,16). The molecule has 1 aromatic carbocycles. The summed E-state index contributed by atoms with van der Waals surface area (Å²) in [7, 11) is 0. The molecule has 106 valence electrons. The summed E-state index contributed by atoms with van der Waals surface area (Å²) < 4.78 is 42.8. The first kappa shape index (κ1) is 14.4. The summed E-state index contributed by atoms with van der Waals surface area (Å²) in [6, 6.07) is 3.07. The van der Waals surface area contributed by atoms with Gasteiger partial charge in [-0.25, -0.2) is 22.8 Å². The Bertz CT molecular complexity index is 644. The lowest BCUT2D eigenvalue weighted by Gasteiger charge is -2.03. The molecular formula is C11H9F3N4OS. The van der Waals surface area contributed by atoms with Crippen molar-refractivity contribution in [1.82, 2.24) is 10.3 Å². The minimum Gasteiger partial charge on any atom is -0.382 e. The predicted octanol–water partition coefficient (Wildman–Crippen LogP) is 2.91. The van der Waals surface area contributed by atoms with Gasteiger partial charge in [0.25, 0.3) is 6.43 Å². The summed E-state index contributed by atoms with van der Waals surface area (Å²) in [4.78, 5) is 3.91. The minimum atomic E-state index is -2.93. The van der Waals surface area contributed by atoms with Gasteiger partial charge < -0.3 is 5.73 Å². The highest BCUT2D eigenvalue weighted by atomic mass is 32.2. The first-order valence-electron chi connectivity index (χ1n) is 5.31. The fourth-order valence-corrected chi connectivity index (χ4v) is 1.87. The molecule has 0 aliphatic rings. The number of nitrogens with zero attached hydrogens (tertiary/aromatic N) is 3. The Kier molecular flexibility index (Phi) is 4.28. The molecule has 1 heterocycles. The Hall–Kier alpha value is -2.03. The Morgan fingerprint density at radius 3 is 2.80 bits per heavy atom. The van der Waals surface area contributed by atoms with Crippen LogP contribution in [0.5, 0.6) is 0 Å². The zero-order valence-corrected chi connectivity index (χ0v) is 11.0. The quantitative estimate of drug-likeness (QED) is 0.534. The molecule has 0 saturated carbocycles. The molecule has 0 radical (unpaired) electrons. The first-order chi connectivity index (χ1) is 9.52. The maximum absolute atomic E-state index is 13.1. The van der Waals surface area contributed by atoms with Crippen molar-refractivity contribution in [3.05, 3.63) is 35.3 Å². The van der Waals surface area contributed by atoms with Crippen LogP contribution in [0.3, 0.4) is 0 Å². The SMILES string of the molecule is CSc1nonc1C(N)=Nc1ccc(F)c(C(F)F)c1. The summed E-state index contributed by atoms with van der Waals surface area (Å²) in [5.74, 6) is -1.05. The van der Waals surface area contributed by atoms with Gasteiger partial charge in [0.2, 0.25) is 0 Å². The third-order valence-electron chi connectivity index (χ3n) is 2.36. The van der Waals surface area contributed by atoms with Gasteiger partial charge in [0, 0.05) is 0 Å². The largest absolute Gasteiger partial charge is 0.382 e. The van der Waals surface area contributed by atoms with Crippen LogP contribution in [-0.4, -0.2) is 22.4 Å². The van der Waals surface area contributed by atoms with Gasteiger partial charge in [0.15, 0.2) is 16.6 Å². The maximum Gasteiger partial charge on any atom is 0.266 e.